The number of hydrogen-bond acceptors (Lipinski definition) is 5. The van der Waals surface area contributed by atoms with Crippen LogP contribution in [-0.2, 0) is 16.4 Å². The highest BCUT2D eigenvalue weighted by atomic mass is 32.2. The summed E-state index contributed by atoms with van der Waals surface area (Å²) in [6, 6.07) is 8.23. The SMILES string of the molecule is CCCCCCCc1cc(C)nc(Nc2ccc(S(N)(=O)=O)cc2)n1. The number of aromatic nitrogens is 2. The van der Waals surface area contributed by atoms with Crippen LogP contribution < -0.4 is 10.5 Å². The van der Waals surface area contributed by atoms with Gasteiger partial charge < -0.3 is 5.32 Å². The van der Waals surface area contributed by atoms with Gasteiger partial charge in [-0.15, -0.1) is 0 Å². The van der Waals surface area contributed by atoms with Gasteiger partial charge in [0.2, 0.25) is 16.0 Å². The van der Waals surface area contributed by atoms with Crippen molar-refractivity contribution in [3.8, 4) is 0 Å². The Hall–Kier alpha value is -1.99. The van der Waals surface area contributed by atoms with Crippen molar-refractivity contribution in [1.82, 2.24) is 9.97 Å². The van der Waals surface area contributed by atoms with E-state index >= 15 is 0 Å². The Balaban J connectivity index is 2.02. The Labute approximate surface area is 149 Å². The number of nitrogens with two attached hydrogens (primary N) is 1. The van der Waals surface area contributed by atoms with Gasteiger partial charge in [0, 0.05) is 17.1 Å². The molecule has 2 aromatic rings. The molecule has 3 N–H and O–H groups in total. The van der Waals surface area contributed by atoms with E-state index in [9.17, 15) is 8.42 Å². The van der Waals surface area contributed by atoms with Crippen molar-refractivity contribution < 1.29 is 8.42 Å². The van der Waals surface area contributed by atoms with Crippen molar-refractivity contribution >= 4 is 21.7 Å². The second kappa shape index (κ2) is 8.92. The maximum atomic E-state index is 11.3. The average molecular weight is 362 g/mol. The molecule has 0 atom stereocenters. The molecule has 25 heavy (non-hydrogen) atoms. The highest BCUT2D eigenvalue weighted by Gasteiger charge is 2.08. The van der Waals surface area contributed by atoms with Crippen LogP contribution in [-0.4, -0.2) is 18.4 Å². The van der Waals surface area contributed by atoms with E-state index in [0.29, 0.717) is 11.6 Å². The predicted octanol–water partition coefficient (Wildman–Crippen LogP) is 3.69. The van der Waals surface area contributed by atoms with Gasteiger partial charge in [-0.25, -0.2) is 23.5 Å². The summed E-state index contributed by atoms with van der Waals surface area (Å²) in [7, 11) is -3.68. The number of anilines is 2. The summed E-state index contributed by atoms with van der Waals surface area (Å²) in [5, 5.41) is 8.22. The van der Waals surface area contributed by atoms with Crippen LogP contribution in [0.4, 0.5) is 11.6 Å². The van der Waals surface area contributed by atoms with Crippen LogP contribution in [0.5, 0.6) is 0 Å². The monoisotopic (exact) mass is 362 g/mol. The Bertz CT molecular complexity index is 789. The third-order valence-electron chi connectivity index (χ3n) is 3.88. The zero-order chi connectivity index (χ0) is 18.3. The van der Waals surface area contributed by atoms with E-state index < -0.39 is 10.0 Å². The van der Waals surface area contributed by atoms with Gasteiger partial charge >= 0.3 is 0 Å². The second-order valence-corrected chi connectivity index (χ2v) is 7.74. The number of hydrogen-bond donors (Lipinski definition) is 2. The molecule has 0 saturated carbocycles. The fourth-order valence-corrected chi connectivity index (χ4v) is 3.10. The van der Waals surface area contributed by atoms with E-state index in [0.717, 1.165) is 24.2 Å². The van der Waals surface area contributed by atoms with E-state index in [2.05, 4.69) is 22.2 Å². The van der Waals surface area contributed by atoms with E-state index in [1.54, 1.807) is 12.1 Å². The molecule has 0 saturated heterocycles. The molecule has 0 spiro atoms. The Morgan fingerprint density at radius 3 is 2.36 bits per heavy atom. The molecule has 1 aromatic carbocycles. The van der Waals surface area contributed by atoms with Gasteiger partial charge in [0.1, 0.15) is 0 Å². The molecular weight excluding hydrogens is 336 g/mol. The van der Waals surface area contributed by atoms with Gasteiger partial charge in [-0.1, -0.05) is 32.6 Å². The van der Waals surface area contributed by atoms with E-state index in [-0.39, 0.29) is 4.90 Å². The number of aryl methyl sites for hydroxylation is 2. The third kappa shape index (κ3) is 6.43. The molecule has 0 unspecified atom stereocenters. The molecule has 0 radical (unpaired) electrons. The molecule has 0 aliphatic carbocycles. The highest BCUT2D eigenvalue weighted by Crippen LogP contribution is 2.17. The lowest BCUT2D eigenvalue weighted by Gasteiger charge is -2.09. The zero-order valence-electron chi connectivity index (χ0n) is 14.8. The van der Waals surface area contributed by atoms with Gasteiger partial charge in [-0.3, -0.25) is 0 Å². The second-order valence-electron chi connectivity index (χ2n) is 6.18. The van der Waals surface area contributed by atoms with Crippen LogP contribution in [0.2, 0.25) is 0 Å². The number of unbranched alkanes of at least 4 members (excludes halogenated alkanes) is 4. The number of nitrogens with zero attached hydrogens (tertiary/aromatic N) is 2. The van der Waals surface area contributed by atoms with Crippen LogP contribution in [0.3, 0.4) is 0 Å². The number of rotatable bonds is 9. The minimum Gasteiger partial charge on any atom is -0.324 e. The van der Waals surface area contributed by atoms with Crippen LogP contribution in [0.1, 0.15) is 50.4 Å². The van der Waals surface area contributed by atoms with Crippen molar-refractivity contribution in [1.29, 1.82) is 0 Å². The summed E-state index contributed by atoms with van der Waals surface area (Å²) in [6.07, 6.45) is 7.07. The molecule has 7 heteroatoms. The Kier molecular flexibility index (Phi) is 6.90. The largest absolute Gasteiger partial charge is 0.324 e. The summed E-state index contributed by atoms with van der Waals surface area (Å²) in [4.78, 5) is 9.03. The minimum atomic E-state index is -3.68. The third-order valence-corrected chi connectivity index (χ3v) is 4.81. The first kappa shape index (κ1) is 19.3. The summed E-state index contributed by atoms with van der Waals surface area (Å²) in [5.41, 5.74) is 2.64. The van der Waals surface area contributed by atoms with Gasteiger partial charge in [0.05, 0.1) is 4.90 Å². The van der Waals surface area contributed by atoms with Crippen LogP contribution in [0.25, 0.3) is 0 Å². The topological polar surface area (TPSA) is 98.0 Å². The summed E-state index contributed by atoms with van der Waals surface area (Å²) < 4.78 is 22.6. The number of sulfonamides is 1. The smallest absolute Gasteiger partial charge is 0.238 e. The van der Waals surface area contributed by atoms with Gasteiger partial charge in [-0.05, 0) is 50.1 Å². The van der Waals surface area contributed by atoms with Crippen LogP contribution in [0, 0.1) is 6.92 Å². The molecule has 0 fully saturated rings. The fraction of sp³-hybridized carbons (Fsp3) is 0.444. The Morgan fingerprint density at radius 2 is 1.72 bits per heavy atom. The first-order chi connectivity index (χ1) is 11.9. The van der Waals surface area contributed by atoms with Gasteiger partial charge in [-0.2, -0.15) is 0 Å². The van der Waals surface area contributed by atoms with Crippen molar-refractivity contribution in [3.05, 3.63) is 41.7 Å². The first-order valence-corrected chi connectivity index (χ1v) is 10.2. The first-order valence-electron chi connectivity index (χ1n) is 8.63. The quantitative estimate of drug-likeness (QED) is 0.663. The summed E-state index contributed by atoms with van der Waals surface area (Å²) >= 11 is 0. The van der Waals surface area contributed by atoms with Crippen molar-refractivity contribution in [2.24, 2.45) is 5.14 Å². The molecule has 0 amide bonds. The molecule has 1 aromatic heterocycles. The minimum absolute atomic E-state index is 0.0796. The predicted molar refractivity (Wildman–Crippen MR) is 100 cm³/mol. The van der Waals surface area contributed by atoms with E-state index in [1.165, 1.54) is 37.8 Å². The molecule has 136 valence electrons. The van der Waals surface area contributed by atoms with Crippen molar-refractivity contribution in [3.63, 3.8) is 0 Å². The summed E-state index contributed by atoms with van der Waals surface area (Å²) in [5.74, 6) is 0.520. The molecule has 2 rings (SSSR count). The normalized spacial score (nSPS) is 11.5. The van der Waals surface area contributed by atoms with E-state index in [1.807, 2.05) is 13.0 Å². The highest BCUT2D eigenvalue weighted by molar-refractivity contribution is 7.89. The molecule has 0 aliphatic rings. The van der Waals surface area contributed by atoms with Gasteiger partial charge in [0.15, 0.2) is 0 Å². The van der Waals surface area contributed by atoms with Crippen LogP contribution >= 0.6 is 0 Å². The number of primary sulfonamides is 1. The number of benzene rings is 1. The number of nitrogens with one attached hydrogen (secondary N) is 1. The molecule has 1 heterocycles. The lowest BCUT2D eigenvalue weighted by atomic mass is 10.1. The standard InChI is InChI=1S/C18H26N4O2S/c1-3-4-5-6-7-8-16-13-14(2)20-18(22-16)21-15-9-11-17(12-10-15)25(19,23)24/h9-13H,3-8H2,1-2H3,(H2,19,23,24)(H,20,21,22). The Morgan fingerprint density at radius 1 is 1.04 bits per heavy atom. The van der Waals surface area contributed by atoms with Crippen LogP contribution in [0.15, 0.2) is 35.2 Å². The van der Waals surface area contributed by atoms with Gasteiger partial charge in [0.25, 0.3) is 0 Å². The maximum Gasteiger partial charge on any atom is 0.238 e. The average Bonchev–Trinajstić information content (AvgIpc) is 2.54. The lowest BCUT2D eigenvalue weighted by Crippen LogP contribution is -2.11. The molecule has 0 aliphatic heterocycles. The summed E-state index contributed by atoms with van der Waals surface area (Å²) in [6.45, 7) is 4.15. The van der Waals surface area contributed by atoms with Crippen molar-refractivity contribution in [2.75, 3.05) is 5.32 Å². The van der Waals surface area contributed by atoms with Crippen molar-refractivity contribution in [2.45, 2.75) is 57.3 Å². The molecule has 6 nitrogen and oxygen atoms in total. The lowest BCUT2D eigenvalue weighted by molar-refractivity contribution is 0.598. The maximum absolute atomic E-state index is 11.3. The zero-order valence-corrected chi connectivity index (χ0v) is 15.6. The van der Waals surface area contributed by atoms with E-state index in [4.69, 9.17) is 5.14 Å². The fourth-order valence-electron chi connectivity index (χ4n) is 2.58. The molecule has 0 bridgehead atoms. The molecular formula is C18H26N4O2S.